The number of halogens is 1. The molecule has 0 radical (unpaired) electrons. The fourth-order valence-electron chi connectivity index (χ4n) is 4.44. The number of phenols is 1. The Morgan fingerprint density at radius 2 is 1.83 bits per heavy atom. The number of hydrogen-bond acceptors (Lipinski definition) is 5. The molecule has 2 N–H and O–H groups in total. The first kappa shape index (κ1) is 23.9. The first-order chi connectivity index (χ1) is 17.6. The summed E-state index contributed by atoms with van der Waals surface area (Å²) in [6, 6.07) is 24.7. The Hall–Kier alpha value is -3.87. The van der Waals surface area contributed by atoms with Crippen molar-refractivity contribution in [1.29, 1.82) is 0 Å². The van der Waals surface area contributed by atoms with Crippen LogP contribution in [0.2, 0.25) is 5.02 Å². The van der Waals surface area contributed by atoms with Gasteiger partial charge in [-0.25, -0.2) is 5.43 Å². The normalized spacial score (nSPS) is 13.6. The molecule has 0 fully saturated rings. The van der Waals surface area contributed by atoms with E-state index in [0.29, 0.717) is 12.2 Å². The van der Waals surface area contributed by atoms with Gasteiger partial charge in [0.15, 0.2) is 0 Å². The van der Waals surface area contributed by atoms with Crippen LogP contribution in [0.1, 0.15) is 28.5 Å². The summed E-state index contributed by atoms with van der Waals surface area (Å²) in [4.78, 5) is 14.8. The molecule has 1 aliphatic heterocycles. The van der Waals surface area contributed by atoms with Gasteiger partial charge in [0.25, 0.3) is 5.91 Å². The number of aromatic hydroxyl groups is 1. The maximum atomic E-state index is 12.3. The lowest BCUT2D eigenvalue weighted by Gasteiger charge is -2.28. The third-order valence-electron chi connectivity index (χ3n) is 6.37. The second-order valence-electron chi connectivity index (χ2n) is 8.71. The van der Waals surface area contributed by atoms with Gasteiger partial charge in [-0.15, -0.1) is 0 Å². The Morgan fingerprint density at radius 1 is 1.06 bits per heavy atom. The van der Waals surface area contributed by atoms with Crippen LogP contribution in [0.4, 0.5) is 0 Å². The van der Waals surface area contributed by atoms with Crippen LogP contribution in [-0.4, -0.2) is 41.8 Å². The van der Waals surface area contributed by atoms with Crippen LogP contribution < -0.4 is 10.2 Å². The van der Waals surface area contributed by atoms with Crippen molar-refractivity contribution in [3.63, 3.8) is 0 Å². The van der Waals surface area contributed by atoms with E-state index < -0.39 is 5.91 Å². The van der Waals surface area contributed by atoms with Crippen molar-refractivity contribution in [2.45, 2.75) is 13.0 Å². The molecule has 36 heavy (non-hydrogen) atoms. The van der Waals surface area contributed by atoms with Crippen molar-refractivity contribution in [2.75, 3.05) is 19.7 Å². The SMILES string of the molecule is O=C(N/N=C/c1ccc(OCCN2CCc3ccccc3C2)c2ccccc12)c1ccc(O)c(Cl)c1.[HH]. The highest BCUT2D eigenvalue weighted by atomic mass is 35.5. The molecule has 1 amide bonds. The third kappa shape index (κ3) is 5.35. The Bertz CT molecular complexity index is 1440. The van der Waals surface area contributed by atoms with E-state index in [4.69, 9.17) is 16.3 Å². The van der Waals surface area contributed by atoms with E-state index in [1.54, 1.807) is 6.21 Å². The first-order valence-corrected chi connectivity index (χ1v) is 12.2. The van der Waals surface area contributed by atoms with Gasteiger partial charge in [-0.3, -0.25) is 9.69 Å². The number of hydrazone groups is 1. The standard InChI is InChI=1S/C29H26ClN3O3.H2/c30-26-17-21(9-11-27(26)34)29(35)32-31-18-22-10-12-28(25-8-4-3-7-24(22)25)36-16-15-33-14-13-20-5-1-2-6-23(20)19-33;/h1-12,17-18,34H,13-16,19H2,(H,32,35);1H/b31-18+;. The second-order valence-corrected chi connectivity index (χ2v) is 9.11. The van der Waals surface area contributed by atoms with Gasteiger partial charge in [0.2, 0.25) is 0 Å². The number of phenolic OH excluding ortho intramolecular Hbond substituents is 1. The number of nitrogens with zero attached hydrogens (tertiary/aromatic N) is 2. The summed E-state index contributed by atoms with van der Waals surface area (Å²) >= 11 is 5.89. The summed E-state index contributed by atoms with van der Waals surface area (Å²) in [5.74, 6) is 0.326. The first-order valence-electron chi connectivity index (χ1n) is 11.8. The summed E-state index contributed by atoms with van der Waals surface area (Å²) in [5, 5.41) is 15.7. The van der Waals surface area contributed by atoms with Crippen LogP contribution in [0.15, 0.2) is 84.0 Å². The highest BCUT2D eigenvalue weighted by Crippen LogP contribution is 2.28. The van der Waals surface area contributed by atoms with E-state index in [1.807, 2.05) is 36.4 Å². The molecule has 7 heteroatoms. The quantitative estimate of drug-likeness (QED) is 0.253. The highest BCUT2D eigenvalue weighted by Gasteiger charge is 2.15. The fourth-order valence-corrected chi connectivity index (χ4v) is 4.62. The third-order valence-corrected chi connectivity index (χ3v) is 6.67. The molecular formula is C29H28ClN3O3. The van der Waals surface area contributed by atoms with Gasteiger partial charge in [0, 0.05) is 37.6 Å². The topological polar surface area (TPSA) is 74.2 Å². The second kappa shape index (κ2) is 10.8. The minimum Gasteiger partial charge on any atom is -0.506 e. The summed E-state index contributed by atoms with van der Waals surface area (Å²) < 4.78 is 6.20. The largest absolute Gasteiger partial charge is 0.506 e. The van der Waals surface area contributed by atoms with Crippen molar-refractivity contribution >= 4 is 34.5 Å². The number of nitrogens with one attached hydrogen (secondary N) is 1. The number of hydrogen-bond donors (Lipinski definition) is 2. The summed E-state index contributed by atoms with van der Waals surface area (Å²) in [7, 11) is 0. The Morgan fingerprint density at radius 3 is 2.67 bits per heavy atom. The van der Waals surface area contributed by atoms with Gasteiger partial charge < -0.3 is 9.84 Å². The average Bonchev–Trinajstić information content (AvgIpc) is 2.91. The van der Waals surface area contributed by atoms with Crippen molar-refractivity contribution in [3.05, 3.63) is 106 Å². The van der Waals surface area contributed by atoms with E-state index in [2.05, 4.69) is 39.7 Å². The van der Waals surface area contributed by atoms with E-state index in [-0.39, 0.29) is 12.2 Å². The molecule has 0 saturated carbocycles. The van der Waals surface area contributed by atoms with Crippen molar-refractivity contribution in [2.24, 2.45) is 5.10 Å². The van der Waals surface area contributed by atoms with Gasteiger partial charge >= 0.3 is 0 Å². The zero-order chi connectivity index (χ0) is 24.9. The monoisotopic (exact) mass is 501 g/mol. The van der Waals surface area contributed by atoms with Crippen LogP contribution in [0.5, 0.6) is 11.5 Å². The van der Waals surface area contributed by atoms with Crippen molar-refractivity contribution in [3.8, 4) is 11.5 Å². The molecule has 5 rings (SSSR count). The number of benzene rings is 4. The fraction of sp³-hybridized carbons (Fsp3) is 0.172. The van der Waals surface area contributed by atoms with Crippen molar-refractivity contribution < 1.29 is 16.1 Å². The number of carbonyl (C=O) groups is 1. The molecular weight excluding hydrogens is 474 g/mol. The van der Waals surface area contributed by atoms with Gasteiger partial charge in [-0.05, 0) is 53.3 Å². The lowest BCUT2D eigenvalue weighted by atomic mass is 10.0. The molecule has 1 heterocycles. The van der Waals surface area contributed by atoms with Gasteiger partial charge in [-0.2, -0.15) is 5.10 Å². The molecule has 6 nitrogen and oxygen atoms in total. The van der Waals surface area contributed by atoms with Crippen LogP contribution in [-0.2, 0) is 13.0 Å². The van der Waals surface area contributed by atoms with Crippen LogP contribution in [0, 0.1) is 0 Å². The highest BCUT2D eigenvalue weighted by molar-refractivity contribution is 6.32. The maximum Gasteiger partial charge on any atom is 0.271 e. The molecule has 1 aliphatic rings. The van der Waals surface area contributed by atoms with Crippen LogP contribution >= 0.6 is 11.6 Å². The summed E-state index contributed by atoms with van der Waals surface area (Å²) in [6.45, 7) is 3.46. The van der Waals surface area contributed by atoms with Gasteiger partial charge in [0.1, 0.15) is 18.1 Å². The van der Waals surface area contributed by atoms with Crippen LogP contribution in [0.25, 0.3) is 10.8 Å². The number of carbonyl (C=O) groups excluding carboxylic acids is 1. The average molecular weight is 502 g/mol. The van der Waals surface area contributed by atoms with Gasteiger partial charge in [0.05, 0.1) is 11.2 Å². The predicted octanol–water partition coefficient (Wildman–Crippen LogP) is 5.65. The van der Waals surface area contributed by atoms with Crippen LogP contribution in [0.3, 0.4) is 0 Å². The van der Waals surface area contributed by atoms with E-state index in [9.17, 15) is 9.90 Å². The zero-order valence-electron chi connectivity index (χ0n) is 19.7. The predicted molar refractivity (Wildman–Crippen MR) is 145 cm³/mol. The molecule has 0 bridgehead atoms. The molecule has 0 aromatic heterocycles. The summed E-state index contributed by atoms with van der Waals surface area (Å²) in [5.41, 5.74) is 6.51. The zero-order valence-corrected chi connectivity index (χ0v) is 20.4. The molecule has 4 aromatic carbocycles. The molecule has 0 aliphatic carbocycles. The number of amides is 1. The number of fused-ring (bicyclic) bond motifs is 2. The Balaban J connectivity index is 0.00000320. The molecule has 0 saturated heterocycles. The molecule has 0 atom stereocenters. The Labute approximate surface area is 216 Å². The number of ether oxygens (including phenoxy) is 1. The molecule has 0 unspecified atom stereocenters. The Kier molecular flexibility index (Phi) is 7.16. The molecule has 184 valence electrons. The van der Waals surface area contributed by atoms with E-state index in [0.717, 1.165) is 48.1 Å². The lowest BCUT2D eigenvalue weighted by molar-refractivity contribution is 0.0955. The minimum absolute atomic E-state index is 0. The molecule has 4 aromatic rings. The molecule has 0 spiro atoms. The number of rotatable bonds is 7. The van der Waals surface area contributed by atoms with E-state index >= 15 is 0 Å². The van der Waals surface area contributed by atoms with Crippen molar-refractivity contribution in [1.82, 2.24) is 10.3 Å². The smallest absolute Gasteiger partial charge is 0.271 e. The van der Waals surface area contributed by atoms with Gasteiger partial charge in [-0.1, -0.05) is 60.1 Å². The maximum absolute atomic E-state index is 12.3. The summed E-state index contributed by atoms with van der Waals surface area (Å²) in [6.07, 6.45) is 2.68. The van der Waals surface area contributed by atoms with E-state index in [1.165, 1.54) is 29.3 Å². The minimum atomic E-state index is -0.419. The lowest BCUT2D eigenvalue weighted by Crippen LogP contribution is -2.33.